The van der Waals surface area contributed by atoms with Crippen LogP contribution in [0.5, 0.6) is 0 Å². The van der Waals surface area contributed by atoms with Crippen molar-refractivity contribution in [3.63, 3.8) is 0 Å². The van der Waals surface area contributed by atoms with Crippen LogP contribution in [-0.4, -0.2) is 24.5 Å². The van der Waals surface area contributed by atoms with Crippen molar-refractivity contribution in [2.24, 2.45) is 0 Å². The number of benzene rings is 2. The maximum absolute atomic E-state index is 12.1. The Morgan fingerprint density at radius 1 is 1.04 bits per heavy atom. The molecule has 1 fully saturated rings. The lowest BCUT2D eigenvalue weighted by Gasteiger charge is -2.16. The average molecular weight is 338 g/mol. The Morgan fingerprint density at radius 2 is 1.68 bits per heavy atom. The molecule has 4 N–H and O–H groups in total. The molecule has 1 aliphatic rings. The van der Waals surface area contributed by atoms with Gasteiger partial charge in [0.1, 0.15) is 6.04 Å². The van der Waals surface area contributed by atoms with Crippen LogP contribution >= 0.6 is 0 Å². The van der Waals surface area contributed by atoms with Crippen LogP contribution in [0, 0.1) is 6.92 Å². The zero-order valence-corrected chi connectivity index (χ0v) is 14.4. The van der Waals surface area contributed by atoms with E-state index in [0.29, 0.717) is 0 Å². The molecule has 2 aromatic rings. The van der Waals surface area contributed by atoms with E-state index in [0.717, 1.165) is 24.0 Å². The molecule has 130 valence electrons. The minimum Gasteiger partial charge on any atom is -0.335 e. The van der Waals surface area contributed by atoms with Gasteiger partial charge >= 0.3 is 6.03 Å². The first-order valence-electron chi connectivity index (χ1n) is 8.67. The van der Waals surface area contributed by atoms with Gasteiger partial charge in [0.15, 0.2) is 6.54 Å². The Hall–Kier alpha value is -2.66. The molecule has 0 spiro atoms. The van der Waals surface area contributed by atoms with Gasteiger partial charge in [0.2, 0.25) is 0 Å². The van der Waals surface area contributed by atoms with Gasteiger partial charge in [-0.25, -0.2) is 4.79 Å². The molecule has 3 amide bonds. The standard InChI is InChI=1S/C20H23N3O2/c1-14-7-9-16(10-8-14)19(15-5-3-2-4-6-15)21-13-18(24)23-20(25)22-17-11-12-17/h2-10,17,19,21H,11-13H2,1H3,(H2,22,23,24,25)/p+1/t19-/m0/s1. The molecular weight excluding hydrogens is 314 g/mol. The van der Waals surface area contributed by atoms with Crippen molar-refractivity contribution >= 4 is 11.9 Å². The first kappa shape index (κ1) is 17.2. The highest BCUT2D eigenvalue weighted by molar-refractivity contribution is 5.94. The summed E-state index contributed by atoms with van der Waals surface area (Å²) < 4.78 is 0. The van der Waals surface area contributed by atoms with E-state index in [4.69, 9.17) is 0 Å². The number of aryl methyl sites for hydroxylation is 1. The second-order valence-corrected chi connectivity index (χ2v) is 6.53. The fraction of sp³-hybridized carbons (Fsp3) is 0.300. The van der Waals surface area contributed by atoms with Crippen LogP contribution in [0.25, 0.3) is 0 Å². The molecule has 0 bridgehead atoms. The van der Waals surface area contributed by atoms with Crippen LogP contribution in [0.15, 0.2) is 54.6 Å². The van der Waals surface area contributed by atoms with Gasteiger partial charge in [0.05, 0.1) is 0 Å². The van der Waals surface area contributed by atoms with Crippen LogP contribution in [0.2, 0.25) is 0 Å². The quantitative estimate of drug-likeness (QED) is 0.749. The topological polar surface area (TPSA) is 74.8 Å². The van der Waals surface area contributed by atoms with Crippen LogP contribution in [-0.2, 0) is 4.79 Å². The van der Waals surface area contributed by atoms with Crippen LogP contribution < -0.4 is 16.0 Å². The summed E-state index contributed by atoms with van der Waals surface area (Å²) in [5.74, 6) is -0.286. The molecule has 5 nitrogen and oxygen atoms in total. The molecule has 25 heavy (non-hydrogen) atoms. The number of urea groups is 1. The summed E-state index contributed by atoms with van der Waals surface area (Å²) >= 11 is 0. The summed E-state index contributed by atoms with van der Waals surface area (Å²) in [5, 5.41) is 7.11. The maximum atomic E-state index is 12.1. The van der Waals surface area contributed by atoms with E-state index in [9.17, 15) is 9.59 Å². The van der Waals surface area contributed by atoms with E-state index in [1.54, 1.807) is 0 Å². The summed E-state index contributed by atoms with van der Waals surface area (Å²) in [7, 11) is 0. The Labute approximate surface area is 147 Å². The molecule has 0 heterocycles. The van der Waals surface area contributed by atoms with Crippen LogP contribution in [0.1, 0.15) is 35.6 Å². The minimum absolute atomic E-state index is 0.0130. The molecule has 1 atom stereocenters. The first-order valence-corrected chi connectivity index (χ1v) is 8.67. The second-order valence-electron chi connectivity index (χ2n) is 6.53. The first-order chi connectivity index (χ1) is 12.1. The van der Waals surface area contributed by atoms with E-state index in [1.165, 1.54) is 5.56 Å². The lowest BCUT2D eigenvalue weighted by molar-refractivity contribution is -0.676. The number of hydrogen-bond acceptors (Lipinski definition) is 2. The van der Waals surface area contributed by atoms with E-state index in [-0.39, 0.29) is 24.5 Å². The number of carbonyl (C=O) groups is 2. The molecule has 0 aliphatic heterocycles. The van der Waals surface area contributed by atoms with Crippen molar-refractivity contribution in [1.29, 1.82) is 0 Å². The van der Waals surface area contributed by atoms with Gasteiger partial charge in [-0.05, 0) is 19.8 Å². The minimum atomic E-state index is -0.396. The van der Waals surface area contributed by atoms with Crippen LogP contribution in [0.3, 0.4) is 0 Å². The molecule has 5 heteroatoms. The van der Waals surface area contributed by atoms with E-state index >= 15 is 0 Å². The molecule has 2 aromatic carbocycles. The lowest BCUT2D eigenvalue weighted by atomic mass is 9.98. The molecular formula is C20H24N3O2+. The van der Waals surface area contributed by atoms with E-state index < -0.39 is 6.03 Å². The maximum Gasteiger partial charge on any atom is 0.321 e. The van der Waals surface area contributed by atoms with Crippen molar-refractivity contribution in [1.82, 2.24) is 10.6 Å². The summed E-state index contributed by atoms with van der Waals surface area (Å²) in [5.41, 5.74) is 3.46. The predicted molar refractivity (Wildman–Crippen MR) is 96.0 cm³/mol. The van der Waals surface area contributed by atoms with Gasteiger partial charge in [-0.15, -0.1) is 0 Å². The van der Waals surface area contributed by atoms with Gasteiger partial charge < -0.3 is 10.6 Å². The largest absolute Gasteiger partial charge is 0.335 e. The molecule has 1 saturated carbocycles. The summed E-state index contributed by atoms with van der Waals surface area (Å²) in [6, 6.07) is 18.2. The number of imide groups is 1. The Bertz CT molecular complexity index is 724. The van der Waals surface area contributed by atoms with E-state index in [2.05, 4.69) is 54.0 Å². The zero-order valence-electron chi connectivity index (χ0n) is 14.4. The third-order valence-corrected chi connectivity index (χ3v) is 4.30. The number of hydrogen-bond donors (Lipinski definition) is 3. The fourth-order valence-electron chi connectivity index (χ4n) is 2.75. The average Bonchev–Trinajstić information content (AvgIpc) is 3.41. The number of nitrogens with two attached hydrogens (primary N) is 1. The number of carbonyl (C=O) groups excluding carboxylic acids is 2. The monoisotopic (exact) mass is 338 g/mol. The predicted octanol–water partition coefficient (Wildman–Crippen LogP) is 1.64. The Balaban J connectivity index is 1.64. The highest BCUT2D eigenvalue weighted by Crippen LogP contribution is 2.19. The Kier molecular flexibility index (Phi) is 5.46. The highest BCUT2D eigenvalue weighted by atomic mass is 16.2. The Morgan fingerprint density at radius 3 is 2.32 bits per heavy atom. The summed E-state index contributed by atoms with van der Waals surface area (Å²) in [6.45, 7) is 2.24. The smallest absolute Gasteiger partial charge is 0.321 e. The fourth-order valence-corrected chi connectivity index (χ4v) is 2.75. The van der Waals surface area contributed by atoms with Crippen molar-refractivity contribution in [3.05, 3.63) is 71.3 Å². The van der Waals surface area contributed by atoms with Gasteiger partial charge in [0.25, 0.3) is 5.91 Å². The van der Waals surface area contributed by atoms with Crippen molar-refractivity contribution in [2.45, 2.75) is 31.8 Å². The molecule has 0 unspecified atom stereocenters. The van der Waals surface area contributed by atoms with Gasteiger partial charge in [-0.2, -0.15) is 0 Å². The number of quaternary nitrogens is 1. The van der Waals surface area contributed by atoms with Gasteiger partial charge in [-0.1, -0.05) is 60.2 Å². The zero-order chi connectivity index (χ0) is 17.6. The van der Waals surface area contributed by atoms with Gasteiger partial charge in [-0.3, -0.25) is 10.1 Å². The molecule has 0 radical (unpaired) electrons. The van der Waals surface area contributed by atoms with E-state index in [1.807, 2.05) is 23.5 Å². The number of rotatable bonds is 6. The summed E-state index contributed by atoms with van der Waals surface area (Å²) in [4.78, 5) is 23.7. The SMILES string of the molecule is Cc1ccc([C@@H]([NH2+]CC(=O)NC(=O)NC2CC2)c2ccccc2)cc1. The molecule has 0 aromatic heterocycles. The highest BCUT2D eigenvalue weighted by Gasteiger charge is 2.24. The molecule has 0 saturated heterocycles. The van der Waals surface area contributed by atoms with Crippen molar-refractivity contribution in [3.8, 4) is 0 Å². The molecule has 1 aliphatic carbocycles. The normalized spacial score (nSPS) is 14.6. The summed E-state index contributed by atoms with van der Waals surface area (Å²) in [6.07, 6.45) is 1.99. The second kappa shape index (κ2) is 7.94. The third-order valence-electron chi connectivity index (χ3n) is 4.30. The van der Waals surface area contributed by atoms with Crippen molar-refractivity contribution < 1.29 is 14.9 Å². The third kappa shape index (κ3) is 5.16. The van der Waals surface area contributed by atoms with Crippen molar-refractivity contribution in [2.75, 3.05) is 6.54 Å². The molecule has 3 rings (SSSR count). The number of nitrogens with one attached hydrogen (secondary N) is 2. The lowest BCUT2D eigenvalue weighted by Crippen LogP contribution is -2.88. The van der Waals surface area contributed by atoms with Crippen LogP contribution in [0.4, 0.5) is 4.79 Å². The van der Waals surface area contributed by atoms with Gasteiger partial charge in [0, 0.05) is 17.2 Å². The number of amides is 3.